The molecule has 0 unspecified atom stereocenters. The number of halogens is 2. The maximum absolute atomic E-state index is 11.8. The lowest BCUT2D eigenvalue weighted by Gasteiger charge is -2.13. The molecule has 0 spiro atoms. The fraction of sp³-hybridized carbons (Fsp3) is 0. The molecule has 0 saturated carbocycles. The van der Waals surface area contributed by atoms with Gasteiger partial charge in [-0.25, -0.2) is 4.90 Å². The van der Waals surface area contributed by atoms with Crippen LogP contribution in [-0.4, -0.2) is 22.0 Å². The standard InChI is InChI=1S/C18H9Cl2N3O3/c19-11-4-5-13(14(20)9-11)17-21-18(26-22-17)10-2-1-3-12(8-10)23-15(24)6-7-16(23)25/h1-9H. The van der Waals surface area contributed by atoms with Crippen LogP contribution in [-0.2, 0) is 9.59 Å². The number of hydrogen-bond acceptors (Lipinski definition) is 5. The normalized spacial score (nSPS) is 13.7. The fourth-order valence-corrected chi connectivity index (χ4v) is 3.05. The zero-order valence-corrected chi connectivity index (χ0v) is 14.5. The van der Waals surface area contributed by atoms with E-state index in [-0.39, 0.29) is 5.89 Å². The first-order valence-corrected chi connectivity index (χ1v) is 8.24. The predicted molar refractivity (Wildman–Crippen MR) is 96.8 cm³/mol. The summed E-state index contributed by atoms with van der Waals surface area (Å²) < 4.78 is 5.30. The number of carbonyl (C=O) groups is 2. The molecular weight excluding hydrogens is 377 g/mol. The monoisotopic (exact) mass is 385 g/mol. The van der Waals surface area contributed by atoms with Gasteiger partial charge in [-0.3, -0.25) is 9.59 Å². The van der Waals surface area contributed by atoms with Crippen molar-refractivity contribution in [3.05, 3.63) is 64.7 Å². The van der Waals surface area contributed by atoms with Crippen LogP contribution >= 0.6 is 23.2 Å². The minimum absolute atomic E-state index is 0.236. The molecule has 0 aliphatic carbocycles. The molecule has 1 aliphatic heterocycles. The second kappa shape index (κ2) is 6.40. The van der Waals surface area contributed by atoms with Crippen molar-refractivity contribution in [3.63, 3.8) is 0 Å². The lowest BCUT2D eigenvalue weighted by molar-refractivity contribution is -0.119. The molecule has 26 heavy (non-hydrogen) atoms. The van der Waals surface area contributed by atoms with Gasteiger partial charge in [0.2, 0.25) is 5.82 Å². The fourth-order valence-electron chi connectivity index (χ4n) is 2.55. The highest BCUT2D eigenvalue weighted by Gasteiger charge is 2.25. The molecule has 0 radical (unpaired) electrons. The van der Waals surface area contributed by atoms with Gasteiger partial charge in [0.25, 0.3) is 17.7 Å². The van der Waals surface area contributed by atoms with Crippen LogP contribution in [0.5, 0.6) is 0 Å². The minimum atomic E-state index is -0.397. The minimum Gasteiger partial charge on any atom is -0.334 e. The maximum atomic E-state index is 11.8. The van der Waals surface area contributed by atoms with Crippen molar-refractivity contribution in [2.75, 3.05) is 4.90 Å². The highest BCUT2D eigenvalue weighted by atomic mass is 35.5. The summed E-state index contributed by atoms with van der Waals surface area (Å²) in [5.74, 6) is -0.250. The van der Waals surface area contributed by atoms with Gasteiger partial charge in [-0.05, 0) is 36.4 Å². The van der Waals surface area contributed by atoms with Crippen LogP contribution in [0.3, 0.4) is 0 Å². The number of amides is 2. The summed E-state index contributed by atoms with van der Waals surface area (Å²) >= 11 is 12.1. The van der Waals surface area contributed by atoms with Crippen LogP contribution in [0.1, 0.15) is 0 Å². The number of hydrogen-bond donors (Lipinski definition) is 0. The van der Waals surface area contributed by atoms with Gasteiger partial charge in [-0.15, -0.1) is 0 Å². The molecule has 0 N–H and O–H groups in total. The van der Waals surface area contributed by atoms with Crippen molar-refractivity contribution in [2.24, 2.45) is 0 Å². The Morgan fingerprint density at radius 3 is 2.46 bits per heavy atom. The number of imide groups is 1. The molecule has 0 saturated heterocycles. The quantitative estimate of drug-likeness (QED) is 0.633. The number of aromatic nitrogens is 2. The summed E-state index contributed by atoms with van der Waals surface area (Å²) in [6, 6.07) is 11.7. The first kappa shape index (κ1) is 16.5. The zero-order chi connectivity index (χ0) is 18.3. The van der Waals surface area contributed by atoms with Gasteiger partial charge in [0.1, 0.15) is 0 Å². The Hall–Kier alpha value is -2.96. The Labute approximate surface area is 157 Å². The van der Waals surface area contributed by atoms with Crippen molar-refractivity contribution in [2.45, 2.75) is 0 Å². The van der Waals surface area contributed by atoms with Crippen LogP contribution in [0.15, 0.2) is 59.1 Å². The van der Waals surface area contributed by atoms with Gasteiger partial charge in [-0.1, -0.05) is 34.4 Å². The zero-order valence-electron chi connectivity index (χ0n) is 13.0. The van der Waals surface area contributed by atoms with Crippen LogP contribution in [0.2, 0.25) is 10.0 Å². The molecule has 1 aliphatic rings. The molecule has 2 amide bonds. The van der Waals surface area contributed by atoms with Crippen LogP contribution in [0, 0.1) is 0 Å². The Balaban J connectivity index is 1.69. The summed E-state index contributed by atoms with van der Waals surface area (Å²) in [6.07, 6.45) is 2.45. The Morgan fingerprint density at radius 1 is 0.962 bits per heavy atom. The largest absolute Gasteiger partial charge is 0.334 e. The average molecular weight is 386 g/mol. The molecule has 2 heterocycles. The van der Waals surface area contributed by atoms with Crippen molar-refractivity contribution in [1.29, 1.82) is 0 Å². The van der Waals surface area contributed by atoms with E-state index >= 15 is 0 Å². The number of rotatable bonds is 3. The molecule has 3 aromatic rings. The molecule has 0 bridgehead atoms. The predicted octanol–water partition coefficient (Wildman–Crippen LogP) is 4.14. The first-order valence-electron chi connectivity index (χ1n) is 7.48. The van der Waals surface area contributed by atoms with Gasteiger partial charge in [0, 0.05) is 28.3 Å². The van der Waals surface area contributed by atoms with Crippen molar-refractivity contribution in [1.82, 2.24) is 10.1 Å². The highest BCUT2D eigenvalue weighted by molar-refractivity contribution is 6.36. The average Bonchev–Trinajstić information content (AvgIpc) is 3.22. The van der Waals surface area contributed by atoms with E-state index in [1.165, 1.54) is 12.2 Å². The Morgan fingerprint density at radius 2 is 1.73 bits per heavy atom. The van der Waals surface area contributed by atoms with E-state index in [1.54, 1.807) is 42.5 Å². The van der Waals surface area contributed by atoms with Crippen molar-refractivity contribution in [3.8, 4) is 22.8 Å². The van der Waals surface area contributed by atoms with E-state index in [2.05, 4.69) is 10.1 Å². The van der Waals surface area contributed by atoms with E-state index in [9.17, 15) is 9.59 Å². The summed E-state index contributed by atoms with van der Waals surface area (Å²) in [5.41, 5.74) is 1.57. The highest BCUT2D eigenvalue weighted by Crippen LogP contribution is 2.31. The molecule has 0 fully saturated rings. The van der Waals surface area contributed by atoms with Gasteiger partial charge in [0.15, 0.2) is 0 Å². The van der Waals surface area contributed by atoms with Gasteiger partial charge in [-0.2, -0.15) is 4.98 Å². The Bertz CT molecular complexity index is 1060. The van der Waals surface area contributed by atoms with Gasteiger partial charge in [0.05, 0.1) is 10.7 Å². The molecule has 2 aromatic carbocycles. The lowest BCUT2D eigenvalue weighted by atomic mass is 10.2. The summed E-state index contributed by atoms with van der Waals surface area (Å²) in [7, 11) is 0. The third-order valence-corrected chi connectivity index (χ3v) is 4.31. The summed E-state index contributed by atoms with van der Waals surface area (Å²) in [5, 5.41) is 4.84. The number of anilines is 1. The van der Waals surface area contributed by atoms with Gasteiger partial charge >= 0.3 is 0 Å². The molecule has 8 heteroatoms. The molecule has 6 nitrogen and oxygen atoms in total. The smallest absolute Gasteiger partial charge is 0.258 e. The summed E-state index contributed by atoms with van der Waals surface area (Å²) in [6.45, 7) is 0. The summed E-state index contributed by atoms with van der Waals surface area (Å²) in [4.78, 5) is 29.1. The van der Waals surface area contributed by atoms with Crippen LogP contribution < -0.4 is 4.90 Å². The maximum Gasteiger partial charge on any atom is 0.258 e. The van der Waals surface area contributed by atoms with Crippen LogP contribution in [0.4, 0.5) is 5.69 Å². The lowest BCUT2D eigenvalue weighted by Crippen LogP contribution is -2.29. The number of benzene rings is 2. The van der Waals surface area contributed by atoms with Crippen molar-refractivity contribution >= 4 is 40.7 Å². The second-order valence-corrected chi connectivity index (χ2v) is 6.29. The van der Waals surface area contributed by atoms with Crippen LogP contribution in [0.25, 0.3) is 22.8 Å². The molecule has 0 atom stereocenters. The Kier molecular flexibility index (Phi) is 4.06. The van der Waals surface area contributed by atoms with E-state index < -0.39 is 11.8 Å². The molecule has 128 valence electrons. The number of nitrogens with zero attached hydrogens (tertiary/aromatic N) is 3. The van der Waals surface area contributed by atoms with Crippen molar-refractivity contribution < 1.29 is 14.1 Å². The third-order valence-electron chi connectivity index (χ3n) is 3.76. The first-order chi connectivity index (χ1) is 12.5. The van der Waals surface area contributed by atoms with E-state index in [0.717, 1.165) is 4.90 Å². The molecule has 1 aromatic heterocycles. The van der Waals surface area contributed by atoms with E-state index in [1.807, 2.05) is 0 Å². The van der Waals surface area contributed by atoms with E-state index in [4.69, 9.17) is 27.7 Å². The molecule has 4 rings (SSSR count). The topological polar surface area (TPSA) is 76.3 Å². The van der Waals surface area contributed by atoms with Gasteiger partial charge < -0.3 is 4.52 Å². The second-order valence-electron chi connectivity index (χ2n) is 5.44. The third kappa shape index (κ3) is 2.89. The van der Waals surface area contributed by atoms with E-state index in [0.29, 0.717) is 32.7 Å². The SMILES string of the molecule is O=C1C=CC(=O)N1c1cccc(-c2nc(-c3ccc(Cl)cc3Cl)no2)c1. The number of carbonyl (C=O) groups excluding carboxylic acids is 2. The molecular formula is C18H9Cl2N3O3.